The molecule has 0 bridgehead atoms. The molecule has 0 amide bonds. The lowest BCUT2D eigenvalue weighted by atomic mass is 10.0. The highest BCUT2D eigenvalue weighted by molar-refractivity contribution is 7.98. The zero-order valence-electron chi connectivity index (χ0n) is 17.1. The van der Waals surface area contributed by atoms with E-state index in [0.29, 0.717) is 6.04 Å². The molecule has 2 fully saturated rings. The number of aromatic nitrogens is 2. The van der Waals surface area contributed by atoms with Gasteiger partial charge in [0.05, 0.1) is 20.0 Å². The Kier molecular flexibility index (Phi) is 6.60. The second-order valence-corrected chi connectivity index (χ2v) is 9.02. The van der Waals surface area contributed by atoms with Crippen molar-refractivity contribution in [1.82, 2.24) is 19.4 Å². The summed E-state index contributed by atoms with van der Waals surface area (Å²) >= 11 is 1.97. The third-order valence-electron chi connectivity index (χ3n) is 6.20. The number of methoxy groups -OCH3 is 1. The van der Waals surface area contributed by atoms with Crippen molar-refractivity contribution in [3.63, 3.8) is 0 Å². The maximum atomic E-state index is 5.61. The first-order valence-corrected chi connectivity index (χ1v) is 11.7. The molecular formula is C22H32N4OS. The number of imidazole rings is 1. The fourth-order valence-corrected chi connectivity index (χ4v) is 5.24. The Morgan fingerprint density at radius 1 is 1.25 bits per heavy atom. The second kappa shape index (κ2) is 9.33. The molecule has 3 heterocycles. The molecule has 0 N–H and O–H groups in total. The van der Waals surface area contributed by atoms with Crippen LogP contribution in [0.3, 0.4) is 0 Å². The van der Waals surface area contributed by atoms with Gasteiger partial charge in [0.1, 0.15) is 5.75 Å². The first-order chi connectivity index (χ1) is 13.8. The average molecular weight is 401 g/mol. The maximum Gasteiger partial charge on any atom is 0.123 e. The normalized spacial score (nSPS) is 23.1. The number of fused-ring (bicyclic) bond motifs is 1. The van der Waals surface area contributed by atoms with Crippen LogP contribution in [-0.2, 0) is 13.1 Å². The first kappa shape index (κ1) is 19.8. The third kappa shape index (κ3) is 4.56. The van der Waals surface area contributed by atoms with Gasteiger partial charge in [0.25, 0.3) is 0 Å². The van der Waals surface area contributed by atoms with E-state index in [1.807, 2.05) is 30.5 Å². The molecule has 0 unspecified atom stereocenters. The van der Waals surface area contributed by atoms with Crippen LogP contribution < -0.4 is 4.74 Å². The van der Waals surface area contributed by atoms with Crippen molar-refractivity contribution in [3.8, 4) is 5.75 Å². The molecule has 6 heteroatoms. The largest absolute Gasteiger partial charge is 0.496 e. The minimum absolute atomic E-state index is 0.668. The average Bonchev–Trinajstić information content (AvgIpc) is 3.38. The van der Waals surface area contributed by atoms with Gasteiger partial charge in [-0.05, 0) is 55.5 Å². The van der Waals surface area contributed by atoms with Crippen molar-refractivity contribution in [3.05, 3.63) is 48.0 Å². The molecule has 5 nitrogen and oxygen atoms in total. The molecule has 1 aromatic heterocycles. The molecule has 0 saturated carbocycles. The molecule has 0 aliphatic carbocycles. The number of piperazine rings is 1. The molecule has 2 aliphatic heterocycles. The Morgan fingerprint density at radius 3 is 2.96 bits per heavy atom. The number of rotatable bonds is 8. The zero-order chi connectivity index (χ0) is 19.3. The summed E-state index contributed by atoms with van der Waals surface area (Å²) in [4.78, 5) is 9.64. The molecule has 2 aliphatic rings. The van der Waals surface area contributed by atoms with E-state index in [-0.39, 0.29) is 0 Å². The van der Waals surface area contributed by atoms with Gasteiger partial charge in [-0.3, -0.25) is 9.80 Å². The Balaban J connectivity index is 1.50. The summed E-state index contributed by atoms with van der Waals surface area (Å²) in [5, 5.41) is 0. The lowest BCUT2D eigenvalue weighted by Gasteiger charge is -2.44. The van der Waals surface area contributed by atoms with Crippen LogP contribution in [0.15, 0.2) is 36.9 Å². The van der Waals surface area contributed by atoms with Crippen molar-refractivity contribution in [2.75, 3.05) is 38.8 Å². The fraction of sp³-hybridized carbons (Fsp3) is 0.591. The lowest BCUT2D eigenvalue weighted by molar-refractivity contribution is 0.0442. The predicted molar refractivity (Wildman–Crippen MR) is 116 cm³/mol. The van der Waals surface area contributed by atoms with E-state index in [9.17, 15) is 0 Å². The number of hydrogen-bond donors (Lipinski definition) is 0. The van der Waals surface area contributed by atoms with Crippen LogP contribution in [0.25, 0.3) is 0 Å². The number of benzene rings is 1. The van der Waals surface area contributed by atoms with Crippen molar-refractivity contribution in [2.45, 2.75) is 44.4 Å². The van der Waals surface area contributed by atoms with Crippen LogP contribution >= 0.6 is 11.8 Å². The summed E-state index contributed by atoms with van der Waals surface area (Å²) in [6.07, 6.45) is 11.9. The molecule has 2 aromatic rings. The second-order valence-electron chi connectivity index (χ2n) is 8.04. The number of hydrogen-bond acceptors (Lipinski definition) is 5. The van der Waals surface area contributed by atoms with Crippen LogP contribution in [0.5, 0.6) is 5.75 Å². The standard InChI is InChI=1S/C22H32N4OS/c1-27-22-6-5-18(12-19(22)14-24-10-8-23-17-24)13-26-16-20-4-3-9-25(20)15-21(26)7-11-28-2/h5-6,8,10,12,17,20-21H,3-4,7,9,11,13-16H2,1-2H3/t20-,21-/m0/s1. The molecule has 28 heavy (non-hydrogen) atoms. The van der Waals surface area contributed by atoms with E-state index in [2.05, 4.69) is 43.8 Å². The van der Waals surface area contributed by atoms with Crippen molar-refractivity contribution >= 4 is 11.8 Å². The summed E-state index contributed by atoms with van der Waals surface area (Å²) in [5.74, 6) is 2.20. The van der Waals surface area contributed by atoms with E-state index in [1.54, 1.807) is 7.11 Å². The molecule has 0 spiro atoms. The van der Waals surface area contributed by atoms with E-state index in [4.69, 9.17) is 4.74 Å². The monoisotopic (exact) mass is 400 g/mol. The Bertz CT molecular complexity index is 751. The van der Waals surface area contributed by atoms with Crippen molar-refractivity contribution < 1.29 is 4.74 Å². The lowest BCUT2D eigenvalue weighted by Crippen LogP contribution is -2.55. The molecule has 0 radical (unpaired) electrons. The van der Waals surface area contributed by atoms with Crippen LogP contribution in [0.4, 0.5) is 0 Å². The summed E-state index contributed by atoms with van der Waals surface area (Å²) in [5.41, 5.74) is 2.61. The van der Waals surface area contributed by atoms with Gasteiger partial charge in [0.15, 0.2) is 0 Å². The minimum Gasteiger partial charge on any atom is -0.496 e. The Hall–Kier alpha value is -1.50. The molecule has 152 valence electrons. The van der Waals surface area contributed by atoms with Crippen LogP contribution in [0.2, 0.25) is 0 Å². The van der Waals surface area contributed by atoms with Gasteiger partial charge in [-0.1, -0.05) is 6.07 Å². The Morgan fingerprint density at radius 2 is 2.18 bits per heavy atom. The first-order valence-electron chi connectivity index (χ1n) is 10.4. The smallest absolute Gasteiger partial charge is 0.123 e. The topological polar surface area (TPSA) is 33.5 Å². The molecule has 4 rings (SSSR count). The number of nitrogens with zero attached hydrogens (tertiary/aromatic N) is 4. The van der Waals surface area contributed by atoms with E-state index in [1.165, 1.54) is 55.8 Å². The summed E-state index contributed by atoms with van der Waals surface area (Å²) in [6, 6.07) is 8.12. The van der Waals surface area contributed by atoms with Crippen LogP contribution in [-0.4, -0.2) is 70.2 Å². The van der Waals surface area contributed by atoms with Crippen molar-refractivity contribution in [2.24, 2.45) is 0 Å². The van der Waals surface area contributed by atoms with Gasteiger partial charge in [0, 0.05) is 49.7 Å². The summed E-state index contributed by atoms with van der Waals surface area (Å²) in [7, 11) is 1.75. The molecular weight excluding hydrogens is 368 g/mol. The van der Waals surface area contributed by atoms with Gasteiger partial charge >= 0.3 is 0 Å². The highest BCUT2D eigenvalue weighted by Crippen LogP contribution is 2.29. The predicted octanol–water partition coefficient (Wildman–Crippen LogP) is 3.34. The van der Waals surface area contributed by atoms with E-state index < -0.39 is 0 Å². The highest BCUT2D eigenvalue weighted by Gasteiger charge is 2.35. The summed E-state index contributed by atoms with van der Waals surface area (Å²) < 4.78 is 7.71. The molecule has 2 saturated heterocycles. The fourth-order valence-electron chi connectivity index (χ4n) is 4.73. The van der Waals surface area contributed by atoms with E-state index >= 15 is 0 Å². The van der Waals surface area contributed by atoms with E-state index in [0.717, 1.165) is 24.9 Å². The SMILES string of the molecule is COc1ccc(CN2C[C@@H]3CCCN3C[C@@H]2CCSC)cc1Cn1ccnc1. The van der Waals surface area contributed by atoms with Crippen molar-refractivity contribution in [1.29, 1.82) is 0 Å². The van der Waals surface area contributed by atoms with Crippen LogP contribution in [0, 0.1) is 0 Å². The van der Waals surface area contributed by atoms with Gasteiger partial charge in [0.2, 0.25) is 0 Å². The minimum atomic E-state index is 0.668. The number of thioether (sulfide) groups is 1. The Labute approximate surface area is 173 Å². The van der Waals surface area contributed by atoms with Gasteiger partial charge in [-0.2, -0.15) is 11.8 Å². The quantitative estimate of drug-likeness (QED) is 0.679. The highest BCUT2D eigenvalue weighted by atomic mass is 32.2. The third-order valence-corrected chi connectivity index (χ3v) is 6.85. The maximum absolute atomic E-state index is 5.61. The number of ether oxygens (including phenoxy) is 1. The molecule has 1 aromatic carbocycles. The summed E-state index contributed by atoms with van der Waals surface area (Å²) in [6.45, 7) is 5.57. The van der Waals surface area contributed by atoms with Gasteiger partial charge in [-0.15, -0.1) is 0 Å². The molecule has 2 atom stereocenters. The van der Waals surface area contributed by atoms with Gasteiger partial charge in [-0.25, -0.2) is 4.98 Å². The van der Waals surface area contributed by atoms with Gasteiger partial charge < -0.3 is 9.30 Å². The zero-order valence-corrected chi connectivity index (χ0v) is 17.9. The van der Waals surface area contributed by atoms with Crippen LogP contribution in [0.1, 0.15) is 30.4 Å².